The van der Waals surface area contributed by atoms with Crippen LogP contribution in [0.5, 0.6) is 0 Å². The third-order valence-corrected chi connectivity index (χ3v) is 6.02. The monoisotopic (exact) mass is 403 g/mol. The van der Waals surface area contributed by atoms with Gasteiger partial charge in [0.05, 0.1) is 11.4 Å². The molecule has 1 aliphatic heterocycles. The summed E-state index contributed by atoms with van der Waals surface area (Å²) in [7, 11) is 0. The molecule has 4 nitrogen and oxygen atoms in total. The molecule has 5 heteroatoms. The lowest BCUT2D eigenvalue weighted by Gasteiger charge is -2.06. The number of carbonyl (C=O) groups is 1. The fourth-order valence-electron chi connectivity index (χ4n) is 3.54. The first-order chi connectivity index (χ1) is 14.1. The average Bonchev–Trinajstić information content (AvgIpc) is 3.03. The zero-order chi connectivity index (χ0) is 20.2. The van der Waals surface area contributed by atoms with Gasteiger partial charge in [-0.25, -0.2) is 0 Å². The highest BCUT2D eigenvalue weighted by Crippen LogP contribution is 2.32. The van der Waals surface area contributed by atoms with Crippen molar-refractivity contribution < 1.29 is 4.79 Å². The van der Waals surface area contributed by atoms with Crippen LogP contribution in [0, 0.1) is 5.92 Å². The number of nitrogens with zero attached hydrogens (tertiary/aromatic N) is 2. The lowest BCUT2D eigenvalue weighted by Crippen LogP contribution is -2.12. The number of thiophene rings is 1. The minimum Gasteiger partial charge on any atom is -0.316 e. The van der Waals surface area contributed by atoms with Crippen LogP contribution in [0.25, 0.3) is 0 Å². The van der Waals surface area contributed by atoms with E-state index in [2.05, 4.69) is 59.5 Å². The van der Waals surface area contributed by atoms with Crippen molar-refractivity contribution in [2.75, 3.05) is 11.9 Å². The molecule has 29 heavy (non-hydrogen) atoms. The zero-order valence-electron chi connectivity index (χ0n) is 16.8. The minimum atomic E-state index is -0.0775. The second-order valence-electron chi connectivity index (χ2n) is 7.80. The maximum Gasteiger partial charge on any atom is 0.246 e. The molecular formula is C24H25N3OS. The molecule has 0 aliphatic carbocycles. The normalized spacial score (nSPS) is 13.6. The fraction of sp³-hybridized carbons (Fsp3) is 0.292. The van der Waals surface area contributed by atoms with Crippen LogP contribution in [0.1, 0.15) is 41.1 Å². The Morgan fingerprint density at radius 3 is 2.59 bits per heavy atom. The number of nitrogens with one attached hydrogen (secondary N) is 1. The van der Waals surface area contributed by atoms with E-state index in [0.717, 1.165) is 41.2 Å². The molecule has 1 aromatic carbocycles. The second-order valence-corrected chi connectivity index (χ2v) is 8.93. The van der Waals surface area contributed by atoms with Crippen LogP contribution in [0.15, 0.2) is 59.7 Å². The van der Waals surface area contributed by atoms with E-state index in [0.29, 0.717) is 5.92 Å². The van der Waals surface area contributed by atoms with Gasteiger partial charge in [0, 0.05) is 16.6 Å². The topological polar surface area (TPSA) is 54.4 Å². The van der Waals surface area contributed by atoms with Crippen LogP contribution >= 0.6 is 11.3 Å². The summed E-state index contributed by atoms with van der Waals surface area (Å²) < 4.78 is 0. The molecule has 0 atom stereocenters. The maximum absolute atomic E-state index is 12.1. The predicted molar refractivity (Wildman–Crippen MR) is 120 cm³/mol. The summed E-state index contributed by atoms with van der Waals surface area (Å²) in [4.78, 5) is 22.3. The van der Waals surface area contributed by atoms with Crippen LogP contribution in [-0.2, 0) is 24.1 Å². The van der Waals surface area contributed by atoms with E-state index in [4.69, 9.17) is 0 Å². The predicted octanol–water partition coefficient (Wildman–Crippen LogP) is 4.92. The van der Waals surface area contributed by atoms with E-state index in [1.165, 1.54) is 16.0 Å². The van der Waals surface area contributed by atoms with Gasteiger partial charge in [-0.05, 0) is 54.5 Å². The van der Waals surface area contributed by atoms with E-state index in [1.54, 1.807) is 17.5 Å². The van der Waals surface area contributed by atoms with Gasteiger partial charge < -0.3 is 5.32 Å². The highest BCUT2D eigenvalue weighted by atomic mass is 32.1. The Morgan fingerprint density at radius 1 is 1.07 bits per heavy atom. The van der Waals surface area contributed by atoms with Crippen molar-refractivity contribution in [3.8, 4) is 0 Å². The van der Waals surface area contributed by atoms with Crippen LogP contribution in [0.4, 0.5) is 5.00 Å². The van der Waals surface area contributed by atoms with Crippen molar-refractivity contribution in [2.24, 2.45) is 10.9 Å². The van der Waals surface area contributed by atoms with E-state index in [9.17, 15) is 4.79 Å². The molecule has 0 radical (unpaired) electrons. The summed E-state index contributed by atoms with van der Waals surface area (Å²) >= 11 is 1.64. The maximum atomic E-state index is 12.1. The molecule has 1 aliphatic rings. The number of pyridine rings is 1. The van der Waals surface area contributed by atoms with Crippen molar-refractivity contribution in [2.45, 2.75) is 33.1 Å². The van der Waals surface area contributed by atoms with Crippen LogP contribution in [0.3, 0.4) is 0 Å². The Hall–Kier alpha value is -2.79. The Bertz CT molecular complexity index is 1020. The van der Waals surface area contributed by atoms with Crippen molar-refractivity contribution in [1.82, 2.24) is 4.98 Å². The Labute approximate surface area is 175 Å². The highest BCUT2D eigenvalue weighted by molar-refractivity contribution is 7.16. The molecule has 3 heterocycles. The van der Waals surface area contributed by atoms with Gasteiger partial charge in [-0.3, -0.25) is 14.8 Å². The first-order valence-corrected chi connectivity index (χ1v) is 10.9. The van der Waals surface area contributed by atoms with E-state index >= 15 is 0 Å². The van der Waals surface area contributed by atoms with E-state index in [1.807, 2.05) is 18.2 Å². The molecule has 1 amide bonds. The summed E-state index contributed by atoms with van der Waals surface area (Å²) in [6.45, 7) is 4.62. The number of amides is 1. The zero-order valence-corrected chi connectivity index (χ0v) is 17.6. The van der Waals surface area contributed by atoms with Crippen molar-refractivity contribution in [1.29, 1.82) is 0 Å². The van der Waals surface area contributed by atoms with E-state index in [-0.39, 0.29) is 12.5 Å². The average molecular weight is 404 g/mol. The molecule has 1 N–H and O–H groups in total. The van der Waals surface area contributed by atoms with Gasteiger partial charge in [-0.2, -0.15) is 0 Å². The number of carbonyl (C=O) groups excluding carboxylic acids is 1. The standard InChI is InChI=1S/C24H25N3OS/c1-16(2)13-18-8-6-17(7-9-18)10-11-19-14-20-23(21-5-3-4-12-25-21)26-15-22(28)27-24(20)29-19/h3-9,12,14,16H,10-11,13,15H2,1-2H3,(H,27,28). The molecule has 3 aromatic rings. The molecule has 4 rings (SSSR count). The number of aliphatic imine (C=N–C) groups is 1. The summed E-state index contributed by atoms with van der Waals surface area (Å²) in [5, 5.41) is 3.88. The smallest absolute Gasteiger partial charge is 0.246 e. The first kappa shape index (κ1) is 19.5. The van der Waals surface area contributed by atoms with Crippen LogP contribution < -0.4 is 5.32 Å². The summed E-state index contributed by atoms with van der Waals surface area (Å²) in [5.41, 5.74) is 5.30. The number of aryl methyl sites for hydroxylation is 2. The van der Waals surface area contributed by atoms with E-state index < -0.39 is 0 Å². The number of benzene rings is 1. The number of fused-ring (bicyclic) bond motifs is 1. The lowest BCUT2D eigenvalue weighted by atomic mass is 10.00. The SMILES string of the molecule is CC(C)Cc1ccc(CCc2cc3c(s2)NC(=O)CN=C3c2ccccn2)cc1. The number of hydrogen-bond donors (Lipinski definition) is 1. The number of anilines is 1. The first-order valence-electron chi connectivity index (χ1n) is 10.0. The third-order valence-electron chi connectivity index (χ3n) is 4.91. The van der Waals surface area contributed by atoms with Crippen molar-refractivity contribution in [3.05, 3.63) is 82.0 Å². The highest BCUT2D eigenvalue weighted by Gasteiger charge is 2.21. The lowest BCUT2D eigenvalue weighted by molar-refractivity contribution is -0.114. The van der Waals surface area contributed by atoms with Gasteiger partial charge in [-0.15, -0.1) is 11.3 Å². The molecule has 0 bridgehead atoms. The van der Waals surface area contributed by atoms with Gasteiger partial charge >= 0.3 is 0 Å². The number of hydrogen-bond acceptors (Lipinski definition) is 4. The Kier molecular flexibility index (Phi) is 5.86. The van der Waals surface area contributed by atoms with Crippen molar-refractivity contribution >= 4 is 28.0 Å². The Balaban J connectivity index is 1.52. The quantitative estimate of drug-likeness (QED) is 0.635. The van der Waals surface area contributed by atoms with Gasteiger partial charge in [-0.1, -0.05) is 44.2 Å². The largest absolute Gasteiger partial charge is 0.316 e. The van der Waals surface area contributed by atoms with Gasteiger partial charge in [0.15, 0.2) is 0 Å². The molecule has 0 fully saturated rings. The summed E-state index contributed by atoms with van der Waals surface area (Å²) in [6.07, 6.45) is 4.79. The number of rotatable bonds is 6. The number of aromatic nitrogens is 1. The third kappa shape index (κ3) is 4.80. The van der Waals surface area contributed by atoms with Crippen LogP contribution in [-0.4, -0.2) is 23.1 Å². The minimum absolute atomic E-state index is 0.0775. The molecule has 0 saturated heterocycles. The van der Waals surface area contributed by atoms with Crippen LogP contribution in [0.2, 0.25) is 0 Å². The Morgan fingerprint density at radius 2 is 1.86 bits per heavy atom. The van der Waals surface area contributed by atoms with Gasteiger partial charge in [0.2, 0.25) is 5.91 Å². The molecule has 148 valence electrons. The molecule has 0 unspecified atom stereocenters. The van der Waals surface area contributed by atoms with Gasteiger partial charge in [0.1, 0.15) is 11.5 Å². The molecule has 0 spiro atoms. The molecule has 0 saturated carbocycles. The van der Waals surface area contributed by atoms with Gasteiger partial charge in [0.25, 0.3) is 0 Å². The fourth-order valence-corrected chi connectivity index (χ4v) is 4.61. The summed E-state index contributed by atoms with van der Waals surface area (Å²) in [6, 6.07) is 16.9. The summed E-state index contributed by atoms with van der Waals surface area (Å²) in [5.74, 6) is 0.596. The second kappa shape index (κ2) is 8.70. The molecule has 2 aromatic heterocycles. The molecular weight excluding hydrogens is 378 g/mol. The van der Waals surface area contributed by atoms with Crippen molar-refractivity contribution in [3.63, 3.8) is 0 Å².